The van der Waals surface area contributed by atoms with Crippen molar-refractivity contribution in [3.05, 3.63) is 77.0 Å². The van der Waals surface area contributed by atoms with E-state index in [1.165, 1.54) is 0 Å². The minimum Gasteiger partial charge on any atom is -0.463 e. The number of amides is 4. The molecule has 8 heteroatoms. The minimum atomic E-state index is -0.634. The smallest absolute Gasteiger partial charge is 0.338 e. The van der Waals surface area contributed by atoms with Gasteiger partial charge in [-0.1, -0.05) is 49.4 Å². The summed E-state index contributed by atoms with van der Waals surface area (Å²) < 4.78 is 5.26. The number of ether oxygens (including phenoxy) is 1. The molecule has 1 atom stereocenters. The van der Waals surface area contributed by atoms with E-state index in [-0.39, 0.29) is 18.7 Å². The predicted molar refractivity (Wildman–Crippen MR) is 126 cm³/mol. The van der Waals surface area contributed by atoms with Crippen LogP contribution in [-0.2, 0) is 16.1 Å². The van der Waals surface area contributed by atoms with Gasteiger partial charge >= 0.3 is 18.0 Å². The molecule has 174 valence electrons. The van der Waals surface area contributed by atoms with E-state index < -0.39 is 12.0 Å². The monoisotopic (exact) mass is 450 g/mol. The zero-order valence-corrected chi connectivity index (χ0v) is 19.2. The molecule has 0 bridgehead atoms. The number of hydrogen-bond acceptors (Lipinski definition) is 4. The van der Waals surface area contributed by atoms with Crippen LogP contribution in [0.1, 0.15) is 44.4 Å². The van der Waals surface area contributed by atoms with Gasteiger partial charge in [0.25, 0.3) is 0 Å². The van der Waals surface area contributed by atoms with Crippen LogP contribution in [0.3, 0.4) is 0 Å². The fourth-order valence-electron chi connectivity index (χ4n) is 3.71. The summed E-state index contributed by atoms with van der Waals surface area (Å²) in [7, 11) is 0. The van der Waals surface area contributed by atoms with Crippen molar-refractivity contribution in [2.45, 2.75) is 39.8 Å². The molecule has 0 saturated heterocycles. The first kappa shape index (κ1) is 23.8. The molecule has 0 aromatic heterocycles. The SMILES string of the molecule is CCCN1C(=O)N[C@@H](c2ccc(NC(=O)NCc3ccccc3)cc2)C(C(=O)OCC)=C1C. The molecule has 1 heterocycles. The molecule has 3 N–H and O–H groups in total. The molecule has 3 rings (SSSR count). The maximum absolute atomic E-state index is 12.7. The number of urea groups is 2. The highest BCUT2D eigenvalue weighted by atomic mass is 16.5. The van der Waals surface area contributed by atoms with Crippen LogP contribution >= 0.6 is 0 Å². The van der Waals surface area contributed by atoms with Crippen LogP contribution in [0.4, 0.5) is 15.3 Å². The molecule has 0 radical (unpaired) electrons. The maximum atomic E-state index is 12.7. The predicted octanol–water partition coefficient (Wildman–Crippen LogP) is 4.32. The number of carbonyl (C=O) groups excluding carboxylic acids is 3. The summed E-state index contributed by atoms with van der Waals surface area (Å²) in [5.41, 5.74) is 3.31. The third-order valence-corrected chi connectivity index (χ3v) is 5.34. The van der Waals surface area contributed by atoms with Crippen LogP contribution in [0.2, 0.25) is 0 Å². The molecule has 33 heavy (non-hydrogen) atoms. The Balaban J connectivity index is 1.74. The van der Waals surface area contributed by atoms with E-state index in [4.69, 9.17) is 4.74 Å². The lowest BCUT2D eigenvalue weighted by atomic mass is 9.94. The normalized spacial score (nSPS) is 15.7. The molecule has 4 amide bonds. The molecule has 0 spiro atoms. The molecule has 2 aromatic rings. The number of carbonyl (C=O) groups is 3. The Morgan fingerprint density at radius 1 is 1.06 bits per heavy atom. The molecule has 0 unspecified atom stereocenters. The van der Waals surface area contributed by atoms with Gasteiger partial charge < -0.3 is 20.7 Å². The summed E-state index contributed by atoms with van der Waals surface area (Å²) in [4.78, 5) is 39.2. The van der Waals surface area contributed by atoms with Gasteiger partial charge in [-0.25, -0.2) is 14.4 Å². The number of allylic oxidation sites excluding steroid dienone is 1. The molecular weight excluding hydrogens is 420 g/mol. The Bertz CT molecular complexity index is 1020. The van der Waals surface area contributed by atoms with Gasteiger partial charge in [-0.15, -0.1) is 0 Å². The molecule has 1 aliphatic rings. The molecule has 1 aliphatic heterocycles. The first-order chi connectivity index (χ1) is 15.9. The van der Waals surface area contributed by atoms with Gasteiger partial charge in [-0.2, -0.15) is 0 Å². The van der Waals surface area contributed by atoms with E-state index in [0.29, 0.717) is 30.0 Å². The second-order valence-electron chi connectivity index (χ2n) is 7.67. The fourth-order valence-corrected chi connectivity index (χ4v) is 3.71. The van der Waals surface area contributed by atoms with Crippen molar-refractivity contribution in [2.75, 3.05) is 18.5 Å². The number of rotatable bonds is 8. The van der Waals surface area contributed by atoms with Gasteiger partial charge in [0.1, 0.15) is 0 Å². The summed E-state index contributed by atoms with van der Waals surface area (Å²) >= 11 is 0. The Labute approximate surface area is 194 Å². The highest BCUT2D eigenvalue weighted by Gasteiger charge is 2.36. The summed E-state index contributed by atoms with van der Waals surface area (Å²) in [6, 6.07) is 15.4. The number of hydrogen-bond donors (Lipinski definition) is 3. The van der Waals surface area contributed by atoms with E-state index in [1.807, 2.05) is 37.3 Å². The second-order valence-corrected chi connectivity index (χ2v) is 7.67. The Hall–Kier alpha value is -3.81. The lowest BCUT2D eigenvalue weighted by Crippen LogP contribution is -2.48. The topological polar surface area (TPSA) is 99.8 Å². The van der Waals surface area contributed by atoms with Gasteiger partial charge in [0, 0.05) is 24.5 Å². The van der Waals surface area contributed by atoms with Gasteiger partial charge in [0.15, 0.2) is 0 Å². The average Bonchev–Trinajstić information content (AvgIpc) is 2.81. The zero-order valence-electron chi connectivity index (χ0n) is 19.2. The first-order valence-corrected chi connectivity index (χ1v) is 11.1. The molecule has 0 fully saturated rings. The third-order valence-electron chi connectivity index (χ3n) is 5.34. The fraction of sp³-hybridized carbons (Fsp3) is 0.320. The number of esters is 1. The highest BCUT2D eigenvalue weighted by Crippen LogP contribution is 2.32. The Morgan fingerprint density at radius 2 is 1.76 bits per heavy atom. The van der Waals surface area contributed by atoms with Crippen molar-refractivity contribution in [3.8, 4) is 0 Å². The number of benzene rings is 2. The van der Waals surface area contributed by atoms with E-state index in [1.54, 1.807) is 43.0 Å². The maximum Gasteiger partial charge on any atom is 0.338 e. The largest absolute Gasteiger partial charge is 0.463 e. The number of anilines is 1. The van der Waals surface area contributed by atoms with Crippen molar-refractivity contribution in [2.24, 2.45) is 0 Å². The molecular formula is C25H30N4O4. The lowest BCUT2D eigenvalue weighted by molar-refractivity contribution is -0.139. The quantitative estimate of drug-likeness (QED) is 0.522. The summed E-state index contributed by atoms with van der Waals surface area (Å²) in [6.07, 6.45) is 0.762. The Kier molecular flexibility index (Phi) is 8.07. The highest BCUT2D eigenvalue weighted by molar-refractivity contribution is 5.95. The van der Waals surface area contributed by atoms with Crippen molar-refractivity contribution >= 4 is 23.7 Å². The molecule has 0 saturated carbocycles. The van der Waals surface area contributed by atoms with Gasteiger partial charge in [0.05, 0.1) is 18.2 Å². The van der Waals surface area contributed by atoms with Crippen molar-refractivity contribution in [1.29, 1.82) is 0 Å². The van der Waals surface area contributed by atoms with Gasteiger partial charge in [0.2, 0.25) is 0 Å². The molecule has 0 aliphatic carbocycles. The summed E-state index contributed by atoms with van der Waals surface area (Å²) in [5, 5.41) is 8.51. The average molecular weight is 451 g/mol. The van der Waals surface area contributed by atoms with E-state index in [2.05, 4.69) is 16.0 Å². The second kappa shape index (κ2) is 11.2. The van der Waals surface area contributed by atoms with Crippen LogP contribution in [0.25, 0.3) is 0 Å². The van der Waals surface area contributed by atoms with E-state index in [0.717, 1.165) is 17.5 Å². The van der Waals surface area contributed by atoms with Crippen LogP contribution in [0.15, 0.2) is 65.9 Å². The zero-order chi connectivity index (χ0) is 23.8. The number of nitrogens with zero attached hydrogens (tertiary/aromatic N) is 1. The van der Waals surface area contributed by atoms with Gasteiger partial charge in [-0.05, 0) is 43.5 Å². The van der Waals surface area contributed by atoms with E-state index in [9.17, 15) is 14.4 Å². The number of nitrogens with one attached hydrogen (secondary N) is 3. The third kappa shape index (κ3) is 5.91. The standard InChI is InChI=1S/C25H30N4O4/c1-4-15-29-17(3)21(23(30)33-5-2)22(28-25(29)32)19-11-13-20(14-12-19)27-24(31)26-16-18-9-7-6-8-10-18/h6-14,22H,4-5,15-16H2,1-3H3,(H,28,32)(H2,26,27,31)/t22-/m0/s1. The Morgan fingerprint density at radius 3 is 2.39 bits per heavy atom. The van der Waals surface area contributed by atoms with Crippen molar-refractivity contribution < 1.29 is 19.1 Å². The van der Waals surface area contributed by atoms with Crippen LogP contribution in [0.5, 0.6) is 0 Å². The lowest BCUT2D eigenvalue weighted by Gasteiger charge is -2.35. The summed E-state index contributed by atoms with van der Waals surface area (Å²) in [6.45, 7) is 6.65. The first-order valence-electron chi connectivity index (χ1n) is 11.1. The molecule has 2 aromatic carbocycles. The van der Waals surface area contributed by atoms with Crippen molar-refractivity contribution in [1.82, 2.24) is 15.5 Å². The van der Waals surface area contributed by atoms with Crippen LogP contribution in [0, 0.1) is 0 Å². The van der Waals surface area contributed by atoms with E-state index >= 15 is 0 Å². The van der Waals surface area contributed by atoms with Crippen LogP contribution < -0.4 is 16.0 Å². The summed E-state index contributed by atoms with van der Waals surface area (Å²) in [5.74, 6) is -0.455. The van der Waals surface area contributed by atoms with Crippen molar-refractivity contribution in [3.63, 3.8) is 0 Å². The van der Waals surface area contributed by atoms with Crippen LogP contribution in [-0.4, -0.2) is 36.1 Å². The minimum absolute atomic E-state index is 0.241. The van der Waals surface area contributed by atoms with Gasteiger partial charge in [-0.3, -0.25) is 4.90 Å². The molecule has 8 nitrogen and oxygen atoms in total.